The molecule has 2 rings (SSSR count). The van der Waals surface area contributed by atoms with Crippen LogP contribution in [0.1, 0.15) is 11.1 Å². The fraction of sp³-hybridized carbons (Fsp3) is 0.571. The number of hydrogen-bond acceptors (Lipinski definition) is 3. The lowest BCUT2D eigenvalue weighted by molar-refractivity contribution is 0.0322. The topological polar surface area (TPSA) is 21.7 Å². The van der Waals surface area contributed by atoms with Crippen molar-refractivity contribution in [3.05, 3.63) is 27.7 Å². The molecule has 1 saturated heterocycles. The Hall–Kier alpha value is -0.580. The largest absolute Gasteiger partial charge is 0.491 e. The molecule has 1 aliphatic heterocycles. The van der Waals surface area contributed by atoms with Gasteiger partial charge in [0.05, 0.1) is 17.7 Å². The summed E-state index contributed by atoms with van der Waals surface area (Å²) in [5.74, 6) is 0.936. The third-order valence-electron chi connectivity index (χ3n) is 3.32. The molecule has 0 bridgehead atoms. The van der Waals surface area contributed by atoms with Crippen LogP contribution in [-0.4, -0.2) is 44.4 Å². The molecular weight excluding hydrogens is 294 g/mol. The molecule has 0 radical (unpaired) electrons. The zero-order chi connectivity index (χ0) is 13.0. The molecule has 0 N–H and O–H groups in total. The second-order valence-corrected chi connectivity index (χ2v) is 5.52. The van der Waals surface area contributed by atoms with Crippen molar-refractivity contribution in [2.45, 2.75) is 13.8 Å². The fourth-order valence-corrected chi connectivity index (χ4v) is 2.55. The molecule has 0 atom stereocenters. The van der Waals surface area contributed by atoms with Crippen molar-refractivity contribution in [2.75, 3.05) is 39.5 Å². The van der Waals surface area contributed by atoms with Gasteiger partial charge in [0.1, 0.15) is 12.4 Å². The SMILES string of the molecule is Cc1cc(Br)c(OCCN2CCOCC2)cc1C. The summed E-state index contributed by atoms with van der Waals surface area (Å²) >= 11 is 3.55. The van der Waals surface area contributed by atoms with Crippen LogP contribution in [0.15, 0.2) is 16.6 Å². The van der Waals surface area contributed by atoms with Crippen LogP contribution >= 0.6 is 15.9 Å². The Morgan fingerprint density at radius 2 is 1.89 bits per heavy atom. The second-order valence-electron chi connectivity index (χ2n) is 4.67. The summed E-state index contributed by atoms with van der Waals surface area (Å²) in [6.45, 7) is 9.60. The Morgan fingerprint density at radius 1 is 1.22 bits per heavy atom. The number of hydrogen-bond donors (Lipinski definition) is 0. The van der Waals surface area contributed by atoms with E-state index < -0.39 is 0 Å². The number of nitrogens with zero attached hydrogens (tertiary/aromatic N) is 1. The number of aryl methyl sites for hydroxylation is 2. The highest BCUT2D eigenvalue weighted by Crippen LogP contribution is 2.28. The predicted octanol–water partition coefficient (Wildman–Crippen LogP) is 2.78. The summed E-state index contributed by atoms with van der Waals surface area (Å²) < 4.78 is 12.2. The van der Waals surface area contributed by atoms with Crippen LogP contribution in [0.25, 0.3) is 0 Å². The van der Waals surface area contributed by atoms with Crippen LogP contribution in [0.3, 0.4) is 0 Å². The fourth-order valence-electron chi connectivity index (χ4n) is 1.97. The Kier molecular flexibility index (Phi) is 5.03. The third-order valence-corrected chi connectivity index (χ3v) is 3.94. The molecule has 0 unspecified atom stereocenters. The minimum Gasteiger partial charge on any atom is -0.491 e. The Balaban J connectivity index is 1.84. The van der Waals surface area contributed by atoms with Gasteiger partial charge in [-0.05, 0) is 53.0 Å². The van der Waals surface area contributed by atoms with Crippen molar-refractivity contribution in [2.24, 2.45) is 0 Å². The first kappa shape index (κ1) is 13.8. The van der Waals surface area contributed by atoms with E-state index in [4.69, 9.17) is 9.47 Å². The Labute approximate surface area is 117 Å². The van der Waals surface area contributed by atoms with Gasteiger partial charge >= 0.3 is 0 Å². The molecule has 0 spiro atoms. The van der Waals surface area contributed by atoms with Gasteiger partial charge in [0.2, 0.25) is 0 Å². The minimum atomic E-state index is 0.723. The molecule has 1 aromatic rings. The average molecular weight is 314 g/mol. The van der Waals surface area contributed by atoms with Crippen molar-refractivity contribution in [1.29, 1.82) is 0 Å². The predicted molar refractivity (Wildman–Crippen MR) is 76.4 cm³/mol. The average Bonchev–Trinajstić information content (AvgIpc) is 2.37. The van der Waals surface area contributed by atoms with Gasteiger partial charge in [-0.3, -0.25) is 4.90 Å². The summed E-state index contributed by atoms with van der Waals surface area (Å²) in [6, 6.07) is 4.21. The molecule has 1 fully saturated rings. The van der Waals surface area contributed by atoms with Crippen molar-refractivity contribution in [1.82, 2.24) is 4.90 Å². The highest BCUT2D eigenvalue weighted by atomic mass is 79.9. The van der Waals surface area contributed by atoms with Gasteiger partial charge < -0.3 is 9.47 Å². The van der Waals surface area contributed by atoms with Gasteiger partial charge in [-0.15, -0.1) is 0 Å². The maximum Gasteiger partial charge on any atom is 0.133 e. The standard InChI is InChI=1S/C14H20BrNO2/c1-11-9-13(15)14(10-12(11)2)18-8-5-16-3-6-17-7-4-16/h9-10H,3-8H2,1-2H3. The first-order chi connectivity index (χ1) is 8.66. The smallest absolute Gasteiger partial charge is 0.133 e. The van der Waals surface area contributed by atoms with Gasteiger partial charge in [-0.1, -0.05) is 0 Å². The lowest BCUT2D eigenvalue weighted by atomic mass is 10.1. The first-order valence-corrected chi connectivity index (χ1v) is 7.16. The molecule has 1 aliphatic rings. The Bertz CT molecular complexity index is 403. The van der Waals surface area contributed by atoms with Crippen LogP contribution in [0, 0.1) is 13.8 Å². The van der Waals surface area contributed by atoms with Crippen molar-refractivity contribution in [3.63, 3.8) is 0 Å². The quantitative estimate of drug-likeness (QED) is 0.853. The van der Waals surface area contributed by atoms with Crippen molar-refractivity contribution >= 4 is 15.9 Å². The van der Waals surface area contributed by atoms with E-state index in [1.54, 1.807) is 0 Å². The van der Waals surface area contributed by atoms with Crippen LogP contribution in [-0.2, 0) is 4.74 Å². The highest BCUT2D eigenvalue weighted by molar-refractivity contribution is 9.10. The van der Waals surface area contributed by atoms with Crippen LogP contribution < -0.4 is 4.74 Å². The number of halogens is 1. The minimum absolute atomic E-state index is 0.723. The molecule has 4 heteroatoms. The van der Waals surface area contributed by atoms with E-state index >= 15 is 0 Å². The summed E-state index contributed by atoms with van der Waals surface area (Å²) in [4.78, 5) is 2.37. The summed E-state index contributed by atoms with van der Waals surface area (Å²) in [5.41, 5.74) is 2.54. The zero-order valence-electron chi connectivity index (χ0n) is 11.0. The molecule has 1 aromatic carbocycles. The van der Waals surface area contributed by atoms with Gasteiger partial charge in [0.15, 0.2) is 0 Å². The van der Waals surface area contributed by atoms with E-state index in [0.29, 0.717) is 0 Å². The first-order valence-electron chi connectivity index (χ1n) is 6.36. The summed E-state index contributed by atoms with van der Waals surface area (Å²) in [5, 5.41) is 0. The van der Waals surface area contributed by atoms with Crippen LogP contribution in [0.4, 0.5) is 0 Å². The zero-order valence-corrected chi connectivity index (χ0v) is 12.6. The lowest BCUT2D eigenvalue weighted by Gasteiger charge is -2.26. The van der Waals surface area contributed by atoms with Gasteiger partial charge in [-0.25, -0.2) is 0 Å². The van der Waals surface area contributed by atoms with E-state index in [1.165, 1.54) is 11.1 Å². The molecule has 3 nitrogen and oxygen atoms in total. The number of rotatable bonds is 4. The Morgan fingerprint density at radius 3 is 2.61 bits per heavy atom. The monoisotopic (exact) mass is 313 g/mol. The molecule has 100 valence electrons. The molecule has 0 aromatic heterocycles. The van der Waals surface area contributed by atoms with E-state index in [0.717, 1.165) is 49.7 Å². The van der Waals surface area contributed by atoms with Gasteiger partial charge in [0, 0.05) is 19.6 Å². The third kappa shape index (κ3) is 3.70. The van der Waals surface area contributed by atoms with Crippen molar-refractivity contribution in [3.8, 4) is 5.75 Å². The lowest BCUT2D eigenvalue weighted by Crippen LogP contribution is -2.38. The molecule has 0 aliphatic carbocycles. The maximum atomic E-state index is 5.85. The van der Waals surface area contributed by atoms with E-state index in [1.807, 2.05) is 0 Å². The van der Waals surface area contributed by atoms with Crippen LogP contribution in [0.2, 0.25) is 0 Å². The molecule has 0 saturated carbocycles. The summed E-state index contributed by atoms with van der Waals surface area (Å²) in [6.07, 6.45) is 0. The van der Waals surface area contributed by atoms with E-state index in [2.05, 4.69) is 46.8 Å². The van der Waals surface area contributed by atoms with E-state index in [-0.39, 0.29) is 0 Å². The summed E-state index contributed by atoms with van der Waals surface area (Å²) in [7, 11) is 0. The van der Waals surface area contributed by atoms with Crippen molar-refractivity contribution < 1.29 is 9.47 Å². The van der Waals surface area contributed by atoms with E-state index in [9.17, 15) is 0 Å². The number of ether oxygens (including phenoxy) is 2. The van der Waals surface area contributed by atoms with Crippen LogP contribution in [0.5, 0.6) is 5.75 Å². The molecule has 18 heavy (non-hydrogen) atoms. The van der Waals surface area contributed by atoms with Gasteiger partial charge in [-0.2, -0.15) is 0 Å². The number of morpholine rings is 1. The molecule has 0 amide bonds. The molecule has 1 heterocycles. The number of benzene rings is 1. The van der Waals surface area contributed by atoms with Gasteiger partial charge in [0.25, 0.3) is 0 Å². The maximum absolute atomic E-state index is 5.85. The highest BCUT2D eigenvalue weighted by Gasteiger charge is 2.10. The second kappa shape index (κ2) is 6.55. The normalized spacial score (nSPS) is 16.8. The molecular formula is C14H20BrNO2.